The molecule has 1 saturated heterocycles. The van der Waals surface area contributed by atoms with Crippen LogP contribution in [0.25, 0.3) is 0 Å². The van der Waals surface area contributed by atoms with Crippen molar-refractivity contribution < 1.29 is 9.90 Å². The van der Waals surface area contributed by atoms with E-state index in [0.717, 1.165) is 17.9 Å². The van der Waals surface area contributed by atoms with Gasteiger partial charge in [-0.25, -0.2) is 4.98 Å². The van der Waals surface area contributed by atoms with Crippen LogP contribution in [0.1, 0.15) is 12.1 Å². The predicted molar refractivity (Wildman–Crippen MR) is 72.3 cm³/mol. The molecule has 2 rings (SSSR count). The summed E-state index contributed by atoms with van der Waals surface area (Å²) >= 11 is 1.80. The van der Waals surface area contributed by atoms with Crippen LogP contribution in [0.2, 0.25) is 0 Å². The predicted octanol–water partition coefficient (Wildman–Crippen LogP) is 1.12. The summed E-state index contributed by atoms with van der Waals surface area (Å²) < 4.78 is 0. The van der Waals surface area contributed by atoms with Gasteiger partial charge in [-0.2, -0.15) is 11.8 Å². The molecule has 2 N–H and O–H groups in total. The molecule has 0 saturated carbocycles. The number of carbonyl (C=O) groups is 1. The Morgan fingerprint density at radius 1 is 1.61 bits per heavy atom. The van der Waals surface area contributed by atoms with Crippen molar-refractivity contribution >= 4 is 23.5 Å². The molecule has 0 aliphatic carbocycles. The lowest BCUT2D eigenvalue weighted by molar-refractivity contribution is -0.119. The molecule has 5 heteroatoms. The second-order valence-corrected chi connectivity index (χ2v) is 5.07. The van der Waals surface area contributed by atoms with Crippen molar-refractivity contribution in [1.29, 1.82) is 0 Å². The number of carbonyl (C=O) groups excluding carboxylic acids is 1. The molecule has 1 aromatic heterocycles. The summed E-state index contributed by atoms with van der Waals surface area (Å²) in [5.41, 5.74) is 0.544. The van der Waals surface area contributed by atoms with E-state index < -0.39 is 0 Å². The van der Waals surface area contributed by atoms with E-state index in [2.05, 4.69) is 22.1 Å². The Labute approximate surface area is 110 Å². The van der Waals surface area contributed by atoms with Gasteiger partial charge in [-0.3, -0.25) is 4.79 Å². The van der Waals surface area contributed by atoms with Crippen LogP contribution in [-0.4, -0.2) is 34.1 Å². The topological polar surface area (TPSA) is 62.2 Å². The van der Waals surface area contributed by atoms with Gasteiger partial charge in [-0.15, -0.1) is 0 Å². The normalized spacial score (nSPS) is 17.9. The number of aromatic nitrogens is 1. The van der Waals surface area contributed by atoms with E-state index >= 15 is 0 Å². The van der Waals surface area contributed by atoms with E-state index in [-0.39, 0.29) is 18.4 Å². The van der Waals surface area contributed by atoms with Crippen LogP contribution in [0.15, 0.2) is 18.2 Å². The zero-order chi connectivity index (χ0) is 12.8. The largest absolute Gasteiger partial charge is 0.384 e. The number of nitrogens with zero attached hydrogens (tertiary/aromatic N) is 1. The Balaban J connectivity index is 2.02. The number of rotatable bonds is 2. The zero-order valence-corrected chi connectivity index (χ0v) is 10.7. The maximum absolute atomic E-state index is 11.9. The molecule has 1 amide bonds. The molecule has 0 aromatic carbocycles. The van der Waals surface area contributed by atoms with Gasteiger partial charge in [0, 0.05) is 11.7 Å². The molecular formula is C13H14N2O2S. The van der Waals surface area contributed by atoms with Crippen LogP contribution in [0.4, 0.5) is 5.82 Å². The van der Waals surface area contributed by atoms with Crippen LogP contribution in [0.3, 0.4) is 0 Å². The summed E-state index contributed by atoms with van der Waals surface area (Å²) in [7, 11) is 0. The molecule has 94 valence electrons. The SMILES string of the molecule is O=C(Nc1cccc(C#CCO)n1)C1CCSC1. The van der Waals surface area contributed by atoms with Crippen molar-refractivity contribution in [1.82, 2.24) is 4.98 Å². The van der Waals surface area contributed by atoms with Crippen molar-refractivity contribution in [2.75, 3.05) is 23.4 Å². The van der Waals surface area contributed by atoms with E-state index in [4.69, 9.17) is 5.11 Å². The lowest BCUT2D eigenvalue weighted by atomic mass is 10.1. The summed E-state index contributed by atoms with van der Waals surface area (Å²) in [6.07, 6.45) is 0.931. The van der Waals surface area contributed by atoms with Gasteiger partial charge in [0.25, 0.3) is 0 Å². The highest BCUT2D eigenvalue weighted by molar-refractivity contribution is 7.99. The summed E-state index contributed by atoms with van der Waals surface area (Å²) in [5, 5.41) is 11.4. The monoisotopic (exact) mass is 262 g/mol. The third-order valence-electron chi connectivity index (χ3n) is 2.60. The molecule has 4 nitrogen and oxygen atoms in total. The minimum absolute atomic E-state index is 0.0276. The van der Waals surface area contributed by atoms with Crippen LogP contribution < -0.4 is 5.32 Å². The van der Waals surface area contributed by atoms with E-state index in [1.807, 2.05) is 0 Å². The lowest BCUT2D eigenvalue weighted by Gasteiger charge is -2.08. The second kappa shape index (κ2) is 6.43. The second-order valence-electron chi connectivity index (χ2n) is 3.92. The number of aliphatic hydroxyl groups is 1. The van der Waals surface area contributed by atoms with E-state index in [1.54, 1.807) is 30.0 Å². The first-order chi connectivity index (χ1) is 8.79. The Hall–Kier alpha value is -1.51. The average Bonchev–Trinajstić information content (AvgIpc) is 2.91. The Kier molecular flexibility index (Phi) is 4.62. The first-order valence-corrected chi connectivity index (χ1v) is 6.90. The number of pyridine rings is 1. The number of aliphatic hydroxyl groups excluding tert-OH is 1. The number of hydrogen-bond donors (Lipinski definition) is 2. The number of anilines is 1. The molecule has 1 unspecified atom stereocenters. The maximum atomic E-state index is 11.9. The Morgan fingerprint density at radius 2 is 2.50 bits per heavy atom. The van der Waals surface area contributed by atoms with Crippen LogP contribution >= 0.6 is 11.8 Å². The Bertz CT molecular complexity index is 487. The van der Waals surface area contributed by atoms with Crippen LogP contribution in [0.5, 0.6) is 0 Å². The fourth-order valence-corrected chi connectivity index (χ4v) is 2.89. The van der Waals surface area contributed by atoms with Gasteiger partial charge in [-0.05, 0) is 30.2 Å². The van der Waals surface area contributed by atoms with Crippen molar-refractivity contribution in [3.63, 3.8) is 0 Å². The van der Waals surface area contributed by atoms with Crippen molar-refractivity contribution in [2.24, 2.45) is 5.92 Å². The smallest absolute Gasteiger partial charge is 0.229 e. The molecule has 1 aromatic rings. The van der Waals surface area contributed by atoms with Gasteiger partial charge in [0.15, 0.2) is 0 Å². The zero-order valence-electron chi connectivity index (χ0n) is 9.85. The third kappa shape index (κ3) is 3.49. The fraction of sp³-hybridized carbons (Fsp3) is 0.385. The van der Waals surface area contributed by atoms with Gasteiger partial charge in [0.2, 0.25) is 5.91 Å². The highest BCUT2D eigenvalue weighted by atomic mass is 32.2. The number of hydrogen-bond acceptors (Lipinski definition) is 4. The van der Waals surface area contributed by atoms with Gasteiger partial charge in [0.05, 0.1) is 0 Å². The maximum Gasteiger partial charge on any atom is 0.229 e. The lowest BCUT2D eigenvalue weighted by Crippen LogP contribution is -2.22. The van der Waals surface area contributed by atoms with Gasteiger partial charge >= 0.3 is 0 Å². The summed E-state index contributed by atoms with van der Waals surface area (Å²) in [6.45, 7) is -0.197. The summed E-state index contributed by atoms with van der Waals surface area (Å²) in [4.78, 5) is 16.1. The highest BCUT2D eigenvalue weighted by Gasteiger charge is 2.23. The van der Waals surface area contributed by atoms with Crippen molar-refractivity contribution in [2.45, 2.75) is 6.42 Å². The van der Waals surface area contributed by atoms with E-state index in [1.165, 1.54) is 0 Å². The molecule has 1 aliphatic rings. The van der Waals surface area contributed by atoms with Crippen LogP contribution in [0, 0.1) is 17.8 Å². The molecule has 0 radical (unpaired) electrons. The highest BCUT2D eigenvalue weighted by Crippen LogP contribution is 2.24. The molecule has 0 bridgehead atoms. The standard InChI is InChI=1S/C13H14N2O2S/c16-7-2-4-11-3-1-5-12(14-11)15-13(17)10-6-8-18-9-10/h1,3,5,10,16H,6-9H2,(H,14,15,17). The van der Waals surface area contributed by atoms with E-state index in [9.17, 15) is 4.79 Å². The van der Waals surface area contributed by atoms with Gasteiger partial charge in [0.1, 0.15) is 18.1 Å². The fourth-order valence-electron chi connectivity index (χ4n) is 1.67. The summed E-state index contributed by atoms with van der Waals surface area (Å²) in [5.74, 6) is 7.80. The van der Waals surface area contributed by atoms with Gasteiger partial charge < -0.3 is 10.4 Å². The first kappa shape index (κ1) is 12.9. The quantitative estimate of drug-likeness (QED) is 0.784. The van der Waals surface area contributed by atoms with E-state index in [0.29, 0.717) is 11.5 Å². The minimum Gasteiger partial charge on any atom is -0.384 e. The average molecular weight is 262 g/mol. The molecule has 1 fully saturated rings. The Morgan fingerprint density at radius 3 is 3.22 bits per heavy atom. The van der Waals surface area contributed by atoms with Gasteiger partial charge in [-0.1, -0.05) is 12.0 Å². The van der Waals surface area contributed by atoms with Crippen molar-refractivity contribution in [3.05, 3.63) is 23.9 Å². The molecule has 2 heterocycles. The summed E-state index contributed by atoms with van der Waals surface area (Å²) in [6, 6.07) is 5.27. The third-order valence-corrected chi connectivity index (χ3v) is 3.76. The number of amides is 1. The number of nitrogens with one attached hydrogen (secondary N) is 1. The minimum atomic E-state index is -0.197. The first-order valence-electron chi connectivity index (χ1n) is 5.75. The number of thioether (sulfide) groups is 1. The van der Waals surface area contributed by atoms with Crippen molar-refractivity contribution in [3.8, 4) is 11.8 Å². The molecule has 0 spiro atoms. The molecule has 1 atom stereocenters. The molecular weight excluding hydrogens is 248 g/mol. The molecule has 1 aliphatic heterocycles. The van der Waals surface area contributed by atoms with Crippen LogP contribution in [-0.2, 0) is 4.79 Å². The molecule has 18 heavy (non-hydrogen) atoms.